The van der Waals surface area contributed by atoms with E-state index in [2.05, 4.69) is 0 Å². The summed E-state index contributed by atoms with van der Waals surface area (Å²) in [5, 5.41) is 0. The number of esters is 1. The lowest BCUT2D eigenvalue weighted by Crippen LogP contribution is -2.41. The van der Waals surface area contributed by atoms with Crippen LogP contribution in [0.15, 0.2) is 53.3 Å². The molecule has 1 aromatic carbocycles. The zero-order valence-corrected chi connectivity index (χ0v) is 14.9. The highest BCUT2D eigenvalue weighted by atomic mass is 16.6. The highest BCUT2D eigenvalue weighted by molar-refractivity contribution is 6.22. The van der Waals surface area contributed by atoms with E-state index in [0.29, 0.717) is 24.8 Å². The number of carbonyl (C=O) groups excluding carboxylic acids is 2. The lowest BCUT2D eigenvalue weighted by atomic mass is 9.78. The third-order valence-electron chi connectivity index (χ3n) is 5.10. The van der Waals surface area contributed by atoms with Gasteiger partial charge in [-0.05, 0) is 42.7 Å². The number of methoxy groups -OCH3 is 1. The summed E-state index contributed by atoms with van der Waals surface area (Å²) in [4.78, 5) is 25.0. The minimum absolute atomic E-state index is 0.0761. The minimum Gasteiger partial charge on any atom is -0.497 e. The van der Waals surface area contributed by atoms with Gasteiger partial charge < -0.3 is 18.6 Å². The third-order valence-corrected chi connectivity index (χ3v) is 5.10. The smallest absolute Gasteiger partial charge is 0.374 e. The van der Waals surface area contributed by atoms with Gasteiger partial charge in [0.05, 0.1) is 31.1 Å². The Balaban J connectivity index is 1.43. The topological polar surface area (TPSA) is 75.0 Å². The molecular weight excluding hydrogens is 348 g/mol. The molecule has 4 rings (SSSR count). The van der Waals surface area contributed by atoms with Gasteiger partial charge in [0.1, 0.15) is 18.0 Å². The Kier molecular flexibility index (Phi) is 4.71. The van der Waals surface area contributed by atoms with Gasteiger partial charge in [0.15, 0.2) is 5.78 Å². The molecule has 0 radical (unpaired) electrons. The van der Waals surface area contributed by atoms with Crippen molar-refractivity contribution in [2.75, 3.05) is 7.11 Å². The molecule has 27 heavy (non-hydrogen) atoms. The number of allylic oxidation sites excluding steroid dienone is 1. The molecule has 1 fully saturated rings. The largest absolute Gasteiger partial charge is 0.497 e. The highest BCUT2D eigenvalue weighted by Gasteiger charge is 2.41. The molecule has 2 aromatic rings. The van der Waals surface area contributed by atoms with Crippen LogP contribution in [-0.4, -0.2) is 31.1 Å². The number of fused-ring (bicyclic) bond motifs is 1. The van der Waals surface area contributed by atoms with Crippen LogP contribution in [0.5, 0.6) is 5.75 Å². The predicted octanol–water partition coefficient (Wildman–Crippen LogP) is 3.62. The monoisotopic (exact) mass is 368 g/mol. The van der Waals surface area contributed by atoms with Crippen molar-refractivity contribution < 1.29 is 28.2 Å². The maximum atomic E-state index is 12.9. The van der Waals surface area contributed by atoms with E-state index in [0.717, 1.165) is 11.3 Å². The molecule has 6 heteroatoms. The van der Waals surface area contributed by atoms with Crippen LogP contribution in [0.4, 0.5) is 0 Å². The molecule has 0 spiro atoms. The second-order valence-corrected chi connectivity index (χ2v) is 6.72. The van der Waals surface area contributed by atoms with E-state index in [-0.39, 0.29) is 29.7 Å². The zero-order valence-electron chi connectivity index (χ0n) is 14.9. The Hall–Kier alpha value is -3.02. The van der Waals surface area contributed by atoms with E-state index in [9.17, 15) is 9.59 Å². The quantitative estimate of drug-likeness (QED) is 0.768. The molecule has 2 aliphatic rings. The second kappa shape index (κ2) is 7.31. The van der Waals surface area contributed by atoms with Gasteiger partial charge >= 0.3 is 5.97 Å². The van der Waals surface area contributed by atoms with Gasteiger partial charge in [-0.15, -0.1) is 0 Å². The van der Waals surface area contributed by atoms with E-state index in [4.69, 9.17) is 18.6 Å². The Morgan fingerprint density at radius 2 is 1.96 bits per heavy atom. The van der Waals surface area contributed by atoms with Crippen LogP contribution >= 0.6 is 0 Å². The van der Waals surface area contributed by atoms with Gasteiger partial charge in [0.25, 0.3) is 0 Å². The van der Waals surface area contributed by atoms with Gasteiger partial charge in [-0.3, -0.25) is 4.79 Å². The SMILES string of the molecule is COc1ccc(C2=COC3CC(OC(=O)c4ccco4)CCC3C2=O)cc1. The molecule has 2 heterocycles. The van der Waals surface area contributed by atoms with Crippen LogP contribution in [0.25, 0.3) is 5.57 Å². The molecule has 0 amide bonds. The number of rotatable bonds is 4. The number of hydrogen-bond donors (Lipinski definition) is 0. The van der Waals surface area contributed by atoms with Crippen LogP contribution < -0.4 is 4.74 Å². The lowest BCUT2D eigenvalue weighted by molar-refractivity contribution is -0.126. The third kappa shape index (κ3) is 3.47. The molecule has 1 aromatic heterocycles. The van der Waals surface area contributed by atoms with Gasteiger partial charge in [0, 0.05) is 6.42 Å². The molecule has 6 nitrogen and oxygen atoms in total. The van der Waals surface area contributed by atoms with E-state index >= 15 is 0 Å². The first-order valence-electron chi connectivity index (χ1n) is 8.94. The fourth-order valence-corrected chi connectivity index (χ4v) is 3.65. The standard InChI is InChI=1S/C21H20O6/c1-24-14-6-4-13(5-7-14)17-12-26-19-11-15(8-9-16(19)20(17)22)27-21(23)18-3-2-10-25-18/h2-7,10,12,15-16,19H,8-9,11H2,1H3. The van der Waals surface area contributed by atoms with Gasteiger partial charge in [0.2, 0.25) is 5.76 Å². The summed E-state index contributed by atoms with van der Waals surface area (Å²) in [7, 11) is 1.60. The molecule has 0 saturated heterocycles. The average molecular weight is 368 g/mol. The zero-order chi connectivity index (χ0) is 18.8. The molecule has 3 atom stereocenters. The van der Waals surface area contributed by atoms with Crippen LogP contribution in [-0.2, 0) is 14.3 Å². The Labute approximate surface area is 156 Å². The van der Waals surface area contributed by atoms with E-state index < -0.39 is 5.97 Å². The summed E-state index contributed by atoms with van der Waals surface area (Å²) in [6, 6.07) is 10.5. The fourth-order valence-electron chi connectivity index (χ4n) is 3.65. The number of ether oxygens (including phenoxy) is 3. The molecule has 3 unspecified atom stereocenters. The van der Waals surface area contributed by atoms with Crippen molar-refractivity contribution in [1.29, 1.82) is 0 Å². The molecule has 1 aliphatic carbocycles. The number of ketones is 1. The van der Waals surface area contributed by atoms with E-state index in [1.54, 1.807) is 19.2 Å². The van der Waals surface area contributed by atoms with Crippen molar-refractivity contribution in [2.45, 2.75) is 31.5 Å². The number of carbonyl (C=O) groups is 2. The summed E-state index contributed by atoms with van der Waals surface area (Å²) in [5.41, 5.74) is 1.38. The van der Waals surface area contributed by atoms with Crippen molar-refractivity contribution in [3.63, 3.8) is 0 Å². The van der Waals surface area contributed by atoms with Crippen molar-refractivity contribution in [2.24, 2.45) is 5.92 Å². The van der Waals surface area contributed by atoms with Crippen molar-refractivity contribution in [3.05, 3.63) is 60.2 Å². The second-order valence-electron chi connectivity index (χ2n) is 6.72. The predicted molar refractivity (Wildman–Crippen MR) is 96.1 cm³/mol. The number of benzene rings is 1. The normalized spacial score (nSPS) is 24.4. The van der Waals surface area contributed by atoms with Crippen molar-refractivity contribution in [3.8, 4) is 5.75 Å². The average Bonchev–Trinajstić information content (AvgIpc) is 3.23. The molecule has 0 N–H and O–H groups in total. The fraction of sp³-hybridized carbons (Fsp3) is 0.333. The molecule has 0 bridgehead atoms. The summed E-state index contributed by atoms with van der Waals surface area (Å²) in [5.74, 6) is 0.290. The highest BCUT2D eigenvalue weighted by Crippen LogP contribution is 2.37. The van der Waals surface area contributed by atoms with Gasteiger partial charge in [-0.1, -0.05) is 12.1 Å². The number of Topliss-reactive ketones (excluding diaryl/α,β-unsaturated/α-hetero) is 1. The van der Waals surface area contributed by atoms with Crippen LogP contribution in [0.1, 0.15) is 35.4 Å². The van der Waals surface area contributed by atoms with Crippen molar-refractivity contribution in [1.82, 2.24) is 0 Å². The maximum Gasteiger partial charge on any atom is 0.374 e. The van der Waals surface area contributed by atoms with Crippen LogP contribution in [0.3, 0.4) is 0 Å². The Bertz CT molecular complexity index is 849. The van der Waals surface area contributed by atoms with Gasteiger partial charge in [-0.25, -0.2) is 4.79 Å². The van der Waals surface area contributed by atoms with E-state index in [1.165, 1.54) is 12.5 Å². The molecule has 1 saturated carbocycles. The molecule has 1 aliphatic heterocycles. The number of furan rings is 1. The van der Waals surface area contributed by atoms with Crippen LogP contribution in [0.2, 0.25) is 0 Å². The molecular formula is C21H20O6. The van der Waals surface area contributed by atoms with Crippen LogP contribution in [0, 0.1) is 5.92 Å². The summed E-state index contributed by atoms with van der Waals surface area (Å²) < 4.78 is 21.6. The summed E-state index contributed by atoms with van der Waals surface area (Å²) in [6.07, 6.45) is 4.14. The summed E-state index contributed by atoms with van der Waals surface area (Å²) >= 11 is 0. The maximum absolute atomic E-state index is 12.9. The first-order chi connectivity index (χ1) is 13.2. The van der Waals surface area contributed by atoms with Gasteiger partial charge in [-0.2, -0.15) is 0 Å². The van der Waals surface area contributed by atoms with Crippen molar-refractivity contribution >= 4 is 17.3 Å². The first-order valence-corrected chi connectivity index (χ1v) is 8.94. The van der Waals surface area contributed by atoms with E-state index in [1.807, 2.05) is 24.3 Å². The minimum atomic E-state index is -0.486. The lowest BCUT2D eigenvalue weighted by Gasteiger charge is -2.37. The number of hydrogen-bond acceptors (Lipinski definition) is 6. The Morgan fingerprint density at radius 1 is 1.15 bits per heavy atom. The molecule has 140 valence electrons. The summed E-state index contributed by atoms with van der Waals surface area (Å²) in [6.45, 7) is 0. The first kappa shape index (κ1) is 17.4. The Morgan fingerprint density at radius 3 is 2.67 bits per heavy atom.